The molecule has 0 aliphatic heterocycles. The van der Waals surface area contributed by atoms with Crippen molar-refractivity contribution in [3.8, 4) is 0 Å². The standard InChI is InChI=1S/C15H24N2O2/c1-5-10-16-14-9-7-6-8-13(14)15(18)17(3)12(2)11-19-4/h6-9,12,16H,5,10-11H2,1-4H3. The number of benzene rings is 1. The fourth-order valence-corrected chi connectivity index (χ4v) is 1.83. The first-order valence-electron chi connectivity index (χ1n) is 6.70. The highest BCUT2D eigenvalue weighted by molar-refractivity contribution is 5.99. The van der Waals surface area contributed by atoms with E-state index in [0.29, 0.717) is 12.2 Å². The van der Waals surface area contributed by atoms with Gasteiger partial charge < -0.3 is 15.0 Å². The SMILES string of the molecule is CCCNc1ccccc1C(=O)N(C)C(C)COC. The van der Waals surface area contributed by atoms with Crippen LogP contribution in [0.5, 0.6) is 0 Å². The first-order chi connectivity index (χ1) is 9.11. The molecular weight excluding hydrogens is 240 g/mol. The molecule has 1 amide bonds. The lowest BCUT2D eigenvalue weighted by atomic mass is 10.1. The van der Waals surface area contributed by atoms with Gasteiger partial charge in [-0.1, -0.05) is 19.1 Å². The van der Waals surface area contributed by atoms with E-state index in [1.807, 2.05) is 38.2 Å². The van der Waals surface area contributed by atoms with Crippen LogP contribution in [-0.4, -0.2) is 44.2 Å². The molecule has 1 N–H and O–H groups in total. The van der Waals surface area contributed by atoms with Crippen molar-refractivity contribution in [3.63, 3.8) is 0 Å². The largest absolute Gasteiger partial charge is 0.384 e. The minimum absolute atomic E-state index is 0.0174. The Hall–Kier alpha value is -1.55. The summed E-state index contributed by atoms with van der Waals surface area (Å²) < 4.78 is 5.10. The smallest absolute Gasteiger partial charge is 0.256 e. The van der Waals surface area contributed by atoms with E-state index in [0.717, 1.165) is 18.7 Å². The third kappa shape index (κ3) is 4.24. The topological polar surface area (TPSA) is 41.6 Å². The molecule has 1 atom stereocenters. The van der Waals surface area contributed by atoms with Gasteiger partial charge in [0.1, 0.15) is 0 Å². The second-order valence-corrected chi connectivity index (χ2v) is 4.69. The Balaban J connectivity index is 2.86. The summed E-state index contributed by atoms with van der Waals surface area (Å²) in [6.07, 6.45) is 1.03. The van der Waals surface area contributed by atoms with E-state index in [2.05, 4.69) is 12.2 Å². The molecule has 4 nitrogen and oxygen atoms in total. The average molecular weight is 264 g/mol. The number of hydrogen-bond acceptors (Lipinski definition) is 3. The lowest BCUT2D eigenvalue weighted by Gasteiger charge is -2.25. The Kier molecular flexibility index (Phi) is 6.36. The second-order valence-electron chi connectivity index (χ2n) is 4.69. The number of rotatable bonds is 7. The summed E-state index contributed by atoms with van der Waals surface area (Å²) in [7, 11) is 3.45. The molecule has 0 saturated heterocycles. The summed E-state index contributed by atoms with van der Waals surface area (Å²) in [5.41, 5.74) is 1.60. The number of carbonyl (C=O) groups excluding carboxylic acids is 1. The molecule has 0 spiro atoms. The Labute approximate surface area is 115 Å². The third-order valence-electron chi connectivity index (χ3n) is 3.11. The third-order valence-corrected chi connectivity index (χ3v) is 3.11. The quantitative estimate of drug-likeness (QED) is 0.823. The normalized spacial score (nSPS) is 12.0. The predicted octanol–water partition coefficient (Wildman–Crippen LogP) is 2.62. The molecular formula is C15H24N2O2. The Morgan fingerprint density at radius 2 is 2.11 bits per heavy atom. The predicted molar refractivity (Wildman–Crippen MR) is 78.7 cm³/mol. The van der Waals surface area contributed by atoms with E-state index in [1.165, 1.54) is 0 Å². The minimum atomic E-state index is 0.0174. The van der Waals surface area contributed by atoms with Crippen molar-refractivity contribution in [1.82, 2.24) is 4.90 Å². The molecule has 1 aromatic carbocycles. The zero-order valence-electron chi connectivity index (χ0n) is 12.3. The molecule has 0 fully saturated rings. The van der Waals surface area contributed by atoms with E-state index in [4.69, 9.17) is 4.74 Å². The highest BCUT2D eigenvalue weighted by Gasteiger charge is 2.19. The number of carbonyl (C=O) groups is 1. The Morgan fingerprint density at radius 3 is 2.74 bits per heavy atom. The van der Waals surface area contributed by atoms with Crippen LogP contribution < -0.4 is 5.32 Å². The van der Waals surface area contributed by atoms with E-state index < -0.39 is 0 Å². The van der Waals surface area contributed by atoms with E-state index >= 15 is 0 Å². The van der Waals surface area contributed by atoms with Gasteiger partial charge in [-0.3, -0.25) is 4.79 Å². The zero-order valence-corrected chi connectivity index (χ0v) is 12.3. The number of hydrogen-bond donors (Lipinski definition) is 1. The van der Waals surface area contributed by atoms with Crippen molar-refractivity contribution in [2.45, 2.75) is 26.3 Å². The molecule has 1 rings (SSSR count). The number of nitrogens with one attached hydrogen (secondary N) is 1. The first-order valence-corrected chi connectivity index (χ1v) is 6.70. The molecule has 0 aliphatic rings. The summed E-state index contributed by atoms with van der Waals surface area (Å²) in [6.45, 7) is 5.47. The highest BCUT2D eigenvalue weighted by atomic mass is 16.5. The van der Waals surface area contributed by atoms with Crippen LogP contribution in [0.15, 0.2) is 24.3 Å². The van der Waals surface area contributed by atoms with Crippen LogP contribution in [0.4, 0.5) is 5.69 Å². The maximum Gasteiger partial charge on any atom is 0.256 e. The lowest BCUT2D eigenvalue weighted by Crippen LogP contribution is -2.38. The van der Waals surface area contributed by atoms with Crippen LogP contribution in [-0.2, 0) is 4.74 Å². The number of ether oxygens (including phenoxy) is 1. The van der Waals surface area contributed by atoms with E-state index in [-0.39, 0.29) is 11.9 Å². The van der Waals surface area contributed by atoms with Gasteiger partial charge in [-0.2, -0.15) is 0 Å². The van der Waals surface area contributed by atoms with Gasteiger partial charge in [-0.05, 0) is 25.5 Å². The van der Waals surface area contributed by atoms with Crippen LogP contribution in [0.2, 0.25) is 0 Å². The molecule has 1 aromatic rings. The first kappa shape index (κ1) is 15.5. The number of nitrogens with zero attached hydrogens (tertiary/aromatic N) is 1. The van der Waals surface area contributed by atoms with Gasteiger partial charge in [0, 0.05) is 26.4 Å². The summed E-state index contributed by atoms with van der Waals surface area (Å²) in [6, 6.07) is 7.68. The number of amides is 1. The van der Waals surface area contributed by atoms with Crippen molar-refractivity contribution in [2.24, 2.45) is 0 Å². The molecule has 4 heteroatoms. The van der Waals surface area contributed by atoms with Gasteiger partial charge in [0.2, 0.25) is 0 Å². The highest BCUT2D eigenvalue weighted by Crippen LogP contribution is 2.17. The van der Waals surface area contributed by atoms with Crippen LogP contribution in [0.25, 0.3) is 0 Å². The summed E-state index contributed by atoms with van der Waals surface area (Å²) in [5, 5.41) is 3.29. The average Bonchev–Trinajstić information content (AvgIpc) is 2.44. The maximum absolute atomic E-state index is 12.5. The fraction of sp³-hybridized carbons (Fsp3) is 0.533. The summed E-state index contributed by atoms with van der Waals surface area (Å²) >= 11 is 0. The number of likely N-dealkylation sites (N-methyl/N-ethyl adjacent to an activating group) is 1. The van der Waals surface area contributed by atoms with Crippen molar-refractivity contribution < 1.29 is 9.53 Å². The molecule has 1 unspecified atom stereocenters. The number of anilines is 1. The lowest BCUT2D eigenvalue weighted by molar-refractivity contribution is 0.0634. The van der Waals surface area contributed by atoms with Crippen LogP contribution in [0.3, 0.4) is 0 Å². The number of para-hydroxylation sites is 1. The van der Waals surface area contributed by atoms with Gasteiger partial charge in [-0.25, -0.2) is 0 Å². The summed E-state index contributed by atoms with van der Waals surface area (Å²) in [5.74, 6) is 0.0174. The Bertz CT molecular complexity index is 407. The Morgan fingerprint density at radius 1 is 1.42 bits per heavy atom. The zero-order chi connectivity index (χ0) is 14.3. The fourth-order valence-electron chi connectivity index (χ4n) is 1.83. The molecule has 0 aliphatic carbocycles. The van der Waals surface area contributed by atoms with E-state index in [1.54, 1.807) is 12.0 Å². The molecule has 106 valence electrons. The maximum atomic E-state index is 12.5. The van der Waals surface area contributed by atoms with Crippen LogP contribution in [0, 0.1) is 0 Å². The van der Waals surface area contributed by atoms with Gasteiger partial charge in [0.25, 0.3) is 5.91 Å². The van der Waals surface area contributed by atoms with Gasteiger partial charge >= 0.3 is 0 Å². The molecule has 0 saturated carbocycles. The van der Waals surface area contributed by atoms with Gasteiger partial charge in [-0.15, -0.1) is 0 Å². The summed E-state index contributed by atoms with van der Waals surface area (Å²) in [4.78, 5) is 14.2. The van der Waals surface area contributed by atoms with E-state index in [9.17, 15) is 4.79 Å². The monoisotopic (exact) mass is 264 g/mol. The van der Waals surface area contributed by atoms with Crippen molar-refractivity contribution in [2.75, 3.05) is 32.6 Å². The van der Waals surface area contributed by atoms with Crippen molar-refractivity contribution in [3.05, 3.63) is 29.8 Å². The van der Waals surface area contributed by atoms with Crippen LogP contribution in [0.1, 0.15) is 30.6 Å². The van der Waals surface area contributed by atoms with Crippen LogP contribution >= 0.6 is 0 Å². The molecule has 0 bridgehead atoms. The number of methoxy groups -OCH3 is 1. The van der Waals surface area contributed by atoms with Crippen molar-refractivity contribution >= 4 is 11.6 Å². The molecule has 19 heavy (non-hydrogen) atoms. The van der Waals surface area contributed by atoms with Gasteiger partial charge in [0.15, 0.2) is 0 Å². The molecule has 0 radical (unpaired) electrons. The molecule has 0 aromatic heterocycles. The van der Waals surface area contributed by atoms with Gasteiger partial charge in [0.05, 0.1) is 18.2 Å². The minimum Gasteiger partial charge on any atom is -0.384 e. The van der Waals surface area contributed by atoms with Crippen molar-refractivity contribution in [1.29, 1.82) is 0 Å². The molecule has 0 heterocycles. The second kappa shape index (κ2) is 7.79.